The van der Waals surface area contributed by atoms with E-state index in [1.165, 1.54) is 12.1 Å². The van der Waals surface area contributed by atoms with Crippen LogP contribution in [0.2, 0.25) is 0 Å². The van der Waals surface area contributed by atoms with Gasteiger partial charge < -0.3 is 25.5 Å². The Bertz CT molecular complexity index is 1270. The van der Waals surface area contributed by atoms with Crippen LogP contribution in [0.25, 0.3) is 0 Å². The number of aryl methyl sites for hydroxylation is 1. The quantitative estimate of drug-likeness (QED) is 0.627. The second-order valence-electron chi connectivity index (χ2n) is 7.23. The highest BCUT2D eigenvalue weighted by molar-refractivity contribution is 5.58. The molecule has 4 rings (SSSR count). The lowest BCUT2D eigenvalue weighted by Gasteiger charge is -2.28. The number of allylic oxidation sites excluding steroid dienone is 1. The number of hydrogen-bond donors (Lipinski definition) is 2. The van der Waals surface area contributed by atoms with E-state index >= 15 is 0 Å². The topological polar surface area (TPSA) is 128 Å². The standard InChI is InChI=1S/C23H19N4O4/c1-14-10-19-21(23(28)26(14)13-15-6-3-2-4-7-15)20(18(12-24)22(25)31-19)16-8-5-9-17(11-16)27(29)30/h2-11,20,29H,13,25H2,1H3/q-1. The monoisotopic (exact) mass is 415 g/mol. The molecule has 1 aliphatic rings. The summed E-state index contributed by atoms with van der Waals surface area (Å²) in [4.78, 5) is 13.6. The minimum absolute atomic E-state index is 0.0295. The van der Waals surface area contributed by atoms with Crippen LogP contribution in [0.3, 0.4) is 0 Å². The second-order valence-corrected chi connectivity index (χ2v) is 7.23. The Morgan fingerprint density at radius 3 is 2.65 bits per heavy atom. The van der Waals surface area contributed by atoms with E-state index in [9.17, 15) is 20.5 Å². The Morgan fingerprint density at radius 1 is 1.23 bits per heavy atom. The lowest BCUT2D eigenvalue weighted by molar-refractivity contribution is 0.296. The molecule has 0 spiro atoms. The molecule has 1 atom stereocenters. The van der Waals surface area contributed by atoms with Gasteiger partial charge in [-0.05, 0) is 30.2 Å². The maximum absolute atomic E-state index is 13.6. The van der Waals surface area contributed by atoms with Crippen LogP contribution >= 0.6 is 0 Å². The summed E-state index contributed by atoms with van der Waals surface area (Å²) in [5.74, 6) is -0.682. The van der Waals surface area contributed by atoms with Gasteiger partial charge in [0.15, 0.2) is 0 Å². The molecule has 0 bridgehead atoms. The number of anilines is 1. The maximum Gasteiger partial charge on any atom is 0.259 e. The van der Waals surface area contributed by atoms with Crippen molar-refractivity contribution in [2.45, 2.75) is 19.4 Å². The highest BCUT2D eigenvalue weighted by Crippen LogP contribution is 2.41. The van der Waals surface area contributed by atoms with Crippen molar-refractivity contribution in [3.63, 3.8) is 0 Å². The molecule has 1 aliphatic heterocycles. The summed E-state index contributed by atoms with van der Waals surface area (Å²) in [5, 5.41) is 30.2. The number of nitriles is 1. The van der Waals surface area contributed by atoms with Gasteiger partial charge in [-0.2, -0.15) is 5.26 Å². The largest absolute Gasteiger partial charge is 0.733 e. The normalized spacial score (nSPS) is 15.1. The van der Waals surface area contributed by atoms with Crippen LogP contribution in [-0.4, -0.2) is 9.77 Å². The number of ether oxygens (including phenoxy) is 1. The van der Waals surface area contributed by atoms with E-state index in [1.54, 1.807) is 29.7 Å². The van der Waals surface area contributed by atoms with E-state index in [4.69, 9.17) is 10.5 Å². The fourth-order valence-electron chi connectivity index (χ4n) is 3.81. The van der Waals surface area contributed by atoms with Gasteiger partial charge >= 0.3 is 0 Å². The average Bonchev–Trinajstić information content (AvgIpc) is 2.76. The molecule has 1 aromatic heterocycles. The molecule has 8 nitrogen and oxygen atoms in total. The van der Waals surface area contributed by atoms with Crippen LogP contribution in [0.5, 0.6) is 5.75 Å². The summed E-state index contributed by atoms with van der Waals surface area (Å²) in [6.45, 7) is 2.14. The fraction of sp³-hybridized carbons (Fsp3) is 0.130. The predicted octanol–water partition coefficient (Wildman–Crippen LogP) is 3.12. The van der Waals surface area contributed by atoms with E-state index in [2.05, 4.69) is 0 Å². The Morgan fingerprint density at radius 2 is 1.97 bits per heavy atom. The molecule has 1 unspecified atom stereocenters. The third-order valence-electron chi connectivity index (χ3n) is 5.30. The molecule has 0 fully saturated rings. The molecule has 8 heteroatoms. The first-order valence-corrected chi connectivity index (χ1v) is 9.52. The van der Waals surface area contributed by atoms with Gasteiger partial charge in [0.1, 0.15) is 17.4 Å². The lowest BCUT2D eigenvalue weighted by atomic mass is 9.84. The van der Waals surface area contributed by atoms with Gasteiger partial charge in [0.2, 0.25) is 5.88 Å². The molecule has 156 valence electrons. The van der Waals surface area contributed by atoms with Crippen molar-refractivity contribution in [2.24, 2.45) is 5.73 Å². The first-order chi connectivity index (χ1) is 14.9. The number of benzene rings is 2. The average molecular weight is 415 g/mol. The van der Waals surface area contributed by atoms with E-state index in [1.807, 2.05) is 36.4 Å². The smallest absolute Gasteiger partial charge is 0.259 e. The van der Waals surface area contributed by atoms with Crippen molar-refractivity contribution in [1.29, 1.82) is 5.26 Å². The second kappa shape index (κ2) is 7.99. The summed E-state index contributed by atoms with van der Waals surface area (Å²) in [5.41, 5.74) is 8.04. The summed E-state index contributed by atoms with van der Waals surface area (Å²) in [7, 11) is 0. The molecular weight excluding hydrogens is 396 g/mol. The highest BCUT2D eigenvalue weighted by atomic mass is 16.8. The van der Waals surface area contributed by atoms with Crippen molar-refractivity contribution in [3.05, 3.63) is 110 Å². The molecule has 2 aromatic carbocycles. The van der Waals surface area contributed by atoms with Gasteiger partial charge in [-0.1, -0.05) is 42.5 Å². The Hall–Kier alpha value is -4.06. The molecular formula is C23H19N4O4-. The van der Waals surface area contributed by atoms with E-state index in [-0.39, 0.29) is 39.2 Å². The SMILES string of the molecule is Cc1cc2c(c(=O)n1Cc1ccccc1)C(c1cccc(N([O-])O)c1)C(C#N)=C(N)O2. The summed E-state index contributed by atoms with van der Waals surface area (Å²) in [6, 6.07) is 19.3. The first kappa shape index (κ1) is 20.2. The van der Waals surface area contributed by atoms with E-state index in [0.717, 1.165) is 5.56 Å². The number of nitrogens with zero attached hydrogens (tertiary/aromatic N) is 3. The van der Waals surface area contributed by atoms with Gasteiger partial charge in [-0.15, -0.1) is 0 Å². The molecule has 0 aliphatic carbocycles. The van der Waals surface area contributed by atoms with Gasteiger partial charge in [-0.25, -0.2) is 0 Å². The van der Waals surface area contributed by atoms with Crippen LogP contribution in [0.1, 0.15) is 28.3 Å². The molecule has 0 saturated heterocycles. The predicted molar refractivity (Wildman–Crippen MR) is 114 cm³/mol. The van der Waals surface area contributed by atoms with Crippen molar-refractivity contribution in [2.75, 3.05) is 5.23 Å². The van der Waals surface area contributed by atoms with Gasteiger partial charge in [0.05, 0.1) is 23.7 Å². The highest BCUT2D eigenvalue weighted by Gasteiger charge is 2.34. The van der Waals surface area contributed by atoms with E-state index < -0.39 is 5.92 Å². The molecule has 0 saturated carbocycles. The summed E-state index contributed by atoms with van der Waals surface area (Å²) >= 11 is 0. The van der Waals surface area contributed by atoms with Crippen LogP contribution in [0.15, 0.2) is 76.9 Å². The molecule has 2 heterocycles. The number of rotatable bonds is 4. The number of fused-ring (bicyclic) bond motifs is 1. The Labute approximate surface area is 178 Å². The maximum atomic E-state index is 13.6. The molecule has 0 amide bonds. The molecule has 3 aromatic rings. The van der Waals surface area contributed by atoms with Crippen LogP contribution in [-0.2, 0) is 6.54 Å². The van der Waals surface area contributed by atoms with Gasteiger partial charge in [-0.3, -0.25) is 10.0 Å². The van der Waals surface area contributed by atoms with Gasteiger partial charge in [0, 0.05) is 11.8 Å². The summed E-state index contributed by atoms with van der Waals surface area (Å²) in [6.07, 6.45) is 0. The van der Waals surface area contributed by atoms with Crippen molar-refractivity contribution < 1.29 is 9.94 Å². The van der Waals surface area contributed by atoms with Crippen molar-refractivity contribution in [1.82, 2.24) is 4.57 Å². The third kappa shape index (κ3) is 3.64. The number of aromatic nitrogens is 1. The zero-order valence-corrected chi connectivity index (χ0v) is 16.6. The number of nitrogens with two attached hydrogens (primary N) is 1. The van der Waals surface area contributed by atoms with Crippen LogP contribution < -0.4 is 21.3 Å². The zero-order chi connectivity index (χ0) is 22.1. The molecule has 3 N–H and O–H groups in total. The van der Waals surface area contributed by atoms with Crippen LogP contribution in [0, 0.1) is 23.5 Å². The summed E-state index contributed by atoms with van der Waals surface area (Å²) < 4.78 is 7.24. The third-order valence-corrected chi connectivity index (χ3v) is 5.30. The number of hydrogen-bond acceptors (Lipinski definition) is 7. The fourth-order valence-corrected chi connectivity index (χ4v) is 3.81. The minimum atomic E-state index is -0.844. The molecule has 31 heavy (non-hydrogen) atoms. The van der Waals surface area contributed by atoms with Crippen LogP contribution in [0.4, 0.5) is 5.69 Å². The lowest BCUT2D eigenvalue weighted by Crippen LogP contribution is -2.33. The number of pyridine rings is 1. The minimum Gasteiger partial charge on any atom is -0.733 e. The Balaban J connectivity index is 1.93. The van der Waals surface area contributed by atoms with Gasteiger partial charge in [0.25, 0.3) is 5.56 Å². The van der Waals surface area contributed by atoms with Crippen molar-refractivity contribution in [3.8, 4) is 11.8 Å². The van der Waals surface area contributed by atoms with Crippen molar-refractivity contribution >= 4 is 5.69 Å². The zero-order valence-electron chi connectivity index (χ0n) is 16.6. The first-order valence-electron chi connectivity index (χ1n) is 9.52. The molecule has 0 radical (unpaired) electrons. The van der Waals surface area contributed by atoms with E-state index in [0.29, 0.717) is 17.8 Å². The Kier molecular flexibility index (Phi) is 5.21.